The normalized spacial score (nSPS) is 56.1. The van der Waals surface area contributed by atoms with Crippen molar-refractivity contribution in [3.63, 3.8) is 0 Å². The van der Waals surface area contributed by atoms with Crippen LogP contribution in [-0.2, 0) is 4.74 Å². The Kier molecular flexibility index (Phi) is 5.03. The molecule has 0 saturated heterocycles. The van der Waals surface area contributed by atoms with Crippen LogP contribution in [0, 0.1) is 51.8 Å². The van der Waals surface area contributed by atoms with Crippen LogP contribution in [0.4, 0.5) is 0 Å². The van der Waals surface area contributed by atoms with Gasteiger partial charge in [-0.2, -0.15) is 0 Å². The van der Waals surface area contributed by atoms with Gasteiger partial charge in [0.15, 0.2) is 0 Å². The third-order valence-electron chi connectivity index (χ3n) is 10.9. The SMILES string of the molecule is CC.COC1CC2C3CCC(C(C)CO)C3(C)CCC2C2(C)CCC3CC312. The van der Waals surface area contributed by atoms with Gasteiger partial charge in [0.1, 0.15) is 0 Å². The van der Waals surface area contributed by atoms with E-state index < -0.39 is 0 Å². The molecule has 10 atom stereocenters. The molecule has 156 valence electrons. The zero-order valence-electron chi connectivity index (χ0n) is 18.8. The number of rotatable bonds is 3. The number of methoxy groups -OCH3 is 1. The van der Waals surface area contributed by atoms with Crippen LogP contribution in [0.25, 0.3) is 0 Å². The minimum Gasteiger partial charge on any atom is -0.396 e. The quantitative estimate of drug-likeness (QED) is 0.662. The molecule has 0 bridgehead atoms. The first-order valence-electron chi connectivity index (χ1n) is 12.1. The third kappa shape index (κ3) is 2.38. The molecule has 0 radical (unpaired) electrons. The van der Waals surface area contributed by atoms with E-state index >= 15 is 0 Å². The summed E-state index contributed by atoms with van der Waals surface area (Å²) in [4.78, 5) is 0. The van der Waals surface area contributed by atoms with Crippen molar-refractivity contribution < 1.29 is 9.84 Å². The molecule has 5 fully saturated rings. The maximum Gasteiger partial charge on any atom is 0.0638 e. The topological polar surface area (TPSA) is 29.5 Å². The van der Waals surface area contributed by atoms with Crippen LogP contribution in [0.15, 0.2) is 0 Å². The summed E-state index contributed by atoms with van der Waals surface area (Å²) >= 11 is 0. The van der Waals surface area contributed by atoms with Crippen LogP contribution in [-0.4, -0.2) is 24.9 Å². The molecule has 2 heteroatoms. The molecule has 1 spiro atoms. The van der Waals surface area contributed by atoms with Crippen molar-refractivity contribution in [2.75, 3.05) is 13.7 Å². The first-order chi connectivity index (χ1) is 12.9. The molecule has 0 aromatic carbocycles. The van der Waals surface area contributed by atoms with Gasteiger partial charge in [0.2, 0.25) is 0 Å². The van der Waals surface area contributed by atoms with Crippen LogP contribution in [0.3, 0.4) is 0 Å². The average molecular weight is 377 g/mol. The van der Waals surface area contributed by atoms with Crippen molar-refractivity contribution in [2.45, 2.75) is 92.1 Å². The first-order valence-corrected chi connectivity index (χ1v) is 12.1. The second-order valence-electron chi connectivity index (χ2n) is 11.1. The predicted octanol–water partition coefficient (Wildman–Crippen LogP) is 5.92. The molecule has 2 nitrogen and oxygen atoms in total. The molecule has 5 aliphatic rings. The zero-order valence-corrected chi connectivity index (χ0v) is 18.8. The van der Waals surface area contributed by atoms with Gasteiger partial charge in [0.25, 0.3) is 0 Å². The summed E-state index contributed by atoms with van der Waals surface area (Å²) in [5.74, 6) is 4.85. The number of ether oxygens (including phenoxy) is 1. The standard InChI is InChI=1S/C23H38O2.C2H6/c1-14(13-24)17-5-6-18-16-11-20(25-4)23-12-15(23)7-10-22(23,3)19(16)8-9-21(17,18)2;1-2/h14-20,24H,5-13H2,1-4H3;1-2H3. The van der Waals surface area contributed by atoms with E-state index in [1.54, 1.807) is 0 Å². The monoisotopic (exact) mass is 376 g/mol. The average Bonchev–Trinajstić information content (AvgIpc) is 3.19. The van der Waals surface area contributed by atoms with Crippen LogP contribution in [0.1, 0.15) is 86.0 Å². The highest BCUT2D eigenvalue weighted by Crippen LogP contribution is 2.82. The summed E-state index contributed by atoms with van der Waals surface area (Å²) in [6.45, 7) is 11.9. The van der Waals surface area contributed by atoms with E-state index in [1.165, 1.54) is 51.4 Å². The Morgan fingerprint density at radius 2 is 1.78 bits per heavy atom. The fraction of sp³-hybridized carbons (Fsp3) is 1.00. The summed E-state index contributed by atoms with van der Waals surface area (Å²) in [5, 5.41) is 9.80. The minimum absolute atomic E-state index is 0.365. The summed E-state index contributed by atoms with van der Waals surface area (Å²) in [6, 6.07) is 0. The number of hydrogen-bond acceptors (Lipinski definition) is 2. The van der Waals surface area contributed by atoms with Crippen molar-refractivity contribution in [1.82, 2.24) is 0 Å². The summed E-state index contributed by atoms with van der Waals surface area (Å²) in [6.07, 6.45) is 11.8. The van der Waals surface area contributed by atoms with E-state index in [4.69, 9.17) is 4.74 Å². The van der Waals surface area contributed by atoms with Crippen molar-refractivity contribution >= 4 is 0 Å². The Morgan fingerprint density at radius 3 is 2.41 bits per heavy atom. The Morgan fingerprint density at radius 1 is 1.04 bits per heavy atom. The number of aliphatic hydroxyl groups is 1. The van der Waals surface area contributed by atoms with Gasteiger partial charge in [0.05, 0.1) is 6.10 Å². The molecule has 5 rings (SSSR count). The zero-order chi connectivity index (χ0) is 19.6. The number of aliphatic hydroxyl groups excluding tert-OH is 1. The van der Waals surface area contributed by atoms with Gasteiger partial charge in [-0.25, -0.2) is 0 Å². The molecular weight excluding hydrogens is 332 g/mol. The lowest BCUT2D eigenvalue weighted by atomic mass is 9.45. The van der Waals surface area contributed by atoms with Crippen molar-refractivity contribution in [3.05, 3.63) is 0 Å². The van der Waals surface area contributed by atoms with Crippen molar-refractivity contribution in [2.24, 2.45) is 51.8 Å². The molecule has 5 aliphatic carbocycles. The highest BCUT2D eigenvalue weighted by molar-refractivity contribution is 5.26. The van der Waals surface area contributed by atoms with Gasteiger partial charge < -0.3 is 9.84 Å². The van der Waals surface area contributed by atoms with Crippen molar-refractivity contribution in [1.29, 1.82) is 0 Å². The fourth-order valence-corrected chi connectivity index (χ4v) is 9.68. The van der Waals surface area contributed by atoms with E-state index in [-0.39, 0.29) is 0 Å². The summed E-state index contributed by atoms with van der Waals surface area (Å²) < 4.78 is 6.20. The molecule has 0 aromatic rings. The number of fused-ring (bicyclic) bond motifs is 4. The van der Waals surface area contributed by atoms with E-state index in [2.05, 4.69) is 20.8 Å². The highest BCUT2D eigenvalue weighted by atomic mass is 16.5. The third-order valence-corrected chi connectivity index (χ3v) is 10.9. The maximum absolute atomic E-state index is 9.80. The van der Waals surface area contributed by atoms with E-state index in [9.17, 15) is 5.11 Å². The molecular formula is C25H44O2. The Labute approximate surface area is 167 Å². The lowest BCUT2D eigenvalue weighted by Crippen LogP contribution is -2.57. The Balaban J connectivity index is 0.000000872. The first kappa shape index (κ1) is 20.2. The van der Waals surface area contributed by atoms with E-state index in [0.29, 0.717) is 34.9 Å². The van der Waals surface area contributed by atoms with Gasteiger partial charge in [-0.15, -0.1) is 0 Å². The second-order valence-corrected chi connectivity index (χ2v) is 11.1. The molecule has 5 saturated carbocycles. The van der Waals surface area contributed by atoms with Gasteiger partial charge >= 0.3 is 0 Å². The number of hydrogen-bond donors (Lipinski definition) is 1. The molecule has 0 aromatic heterocycles. The highest BCUT2D eigenvalue weighted by Gasteiger charge is 2.77. The molecule has 0 aliphatic heterocycles. The molecule has 27 heavy (non-hydrogen) atoms. The Hall–Kier alpha value is -0.0800. The molecule has 1 N–H and O–H groups in total. The predicted molar refractivity (Wildman–Crippen MR) is 111 cm³/mol. The molecule has 0 heterocycles. The van der Waals surface area contributed by atoms with Crippen LogP contribution >= 0.6 is 0 Å². The largest absolute Gasteiger partial charge is 0.396 e. The maximum atomic E-state index is 9.80. The lowest BCUT2D eigenvalue weighted by Gasteiger charge is -2.61. The van der Waals surface area contributed by atoms with Gasteiger partial charge in [-0.05, 0) is 97.7 Å². The summed E-state index contributed by atoms with van der Waals surface area (Å²) in [5.41, 5.74) is 1.56. The van der Waals surface area contributed by atoms with Crippen LogP contribution in [0.5, 0.6) is 0 Å². The lowest BCUT2D eigenvalue weighted by molar-refractivity contribution is -0.161. The van der Waals surface area contributed by atoms with Gasteiger partial charge in [-0.1, -0.05) is 34.6 Å². The minimum atomic E-state index is 0.365. The molecule has 0 amide bonds. The van der Waals surface area contributed by atoms with Crippen molar-refractivity contribution in [3.8, 4) is 0 Å². The molecule has 10 unspecified atom stereocenters. The van der Waals surface area contributed by atoms with E-state index in [1.807, 2.05) is 21.0 Å². The van der Waals surface area contributed by atoms with Gasteiger partial charge in [0, 0.05) is 19.1 Å². The van der Waals surface area contributed by atoms with Gasteiger partial charge in [-0.3, -0.25) is 0 Å². The van der Waals surface area contributed by atoms with Crippen LogP contribution in [0.2, 0.25) is 0 Å². The Bertz CT molecular complexity index is 561. The summed E-state index contributed by atoms with van der Waals surface area (Å²) in [7, 11) is 1.99. The second kappa shape index (κ2) is 6.73. The smallest absolute Gasteiger partial charge is 0.0638 e. The van der Waals surface area contributed by atoms with E-state index in [0.717, 1.165) is 29.6 Å². The van der Waals surface area contributed by atoms with Crippen LogP contribution < -0.4 is 0 Å². The fourth-order valence-electron chi connectivity index (χ4n) is 9.68.